The Kier molecular flexibility index (Phi) is 13.3. The van der Waals surface area contributed by atoms with Crippen molar-refractivity contribution >= 4 is 5.97 Å². The van der Waals surface area contributed by atoms with Gasteiger partial charge in [0.05, 0.1) is 13.2 Å². The lowest BCUT2D eigenvalue weighted by Gasteiger charge is -2.04. The maximum absolute atomic E-state index is 9.86. The van der Waals surface area contributed by atoms with E-state index in [1.54, 1.807) is 19.9 Å². The third kappa shape index (κ3) is 11.2. The Hall–Kier alpha value is -2.43. The zero-order valence-corrected chi connectivity index (χ0v) is 18.5. The number of benzene rings is 2. The molecule has 2 rings (SSSR count). The molecule has 160 valence electrons. The molecular formula is C25H36O4. The minimum atomic E-state index is -0.845. The van der Waals surface area contributed by atoms with E-state index < -0.39 is 5.97 Å². The Morgan fingerprint density at radius 3 is 1.24 bits per heavy atom. The van der Waals surface area contributed by atoms with Gasteiger partial charge in [0.25, 0.3) is 0 Å². The van der Waals surface area contributed by atoms with Gasteiger partial charge >= 0.3 is 5.97 Å². The predicted octanol–water partition coefficient (Wildman–Crippen LogP) is 5.64. The molecule has 3 N–H and O–H groups in total. The molecule has 2 aromatic carbocycles. The fourth-order valence-electron chi connectivity index (χ4n) is 2.14. The Morgan fingerprint density at radius 2 is 1.10 bits per heavy atom. The summed E-state index contributed by atoms with van der Waals surface area (Å²) in [5, 5.41) is 25.6. The lowest BCUT2D eigenvalue weighted by Crippen LogP contribution is -1.93. The van der Waals surface area contributed by atoms with Crippen molar-refractivity contribution in [3.8, 4) is 0 Å². The van der Waals surface area contributed by atoms with Crippen molar-refractivity contribution < 1.29 is 20.1 Å². The molecule has 0 aromatic heterocycles. The number of hydrogen-bond acceptors (Lipinski definition) is 3. The van der Waals surface area contributed by atoms with Crippen LogP contribution in [0.3, 0.4) is 0 Å². The number of aliphatic carboxylic acids is 1. The molecule has 4 nitrogen and oxygen atoms in total. The topological polar surface area (TPSA) is 77.8 Å². The highest BCUT2D eigenvalue weighted by Crippen LogP contribution is 2.15. The summed E-state index contributed by atoms with van der Waals surface area (Å²) >= 11 is 0. The third-order valence-electron chi connectivity index (χ3n) is 4.43. The number of hydrogen-bond donors (Lipinski definition) is 3. The van der Waals surface area contributed by atoms with E-state index in [1.807, 2.05) is 24.3 Å². The van der Waals surface area contributed by atoms with Crippen LogP contribution in [0.2, 0.25) is 0 Å². The van der Waals surface area contributed by atoms with E-state index in [-0.39, 0.29) is 13.2 Å². The number of aliphatic hydroxyl groups is 2. The molecule has 0 fully saturated rings. The van der Waals surface area contributed by atoms with Crippen molar-refractivity contribution in [2.45, 2.75) is 66.6 Å². The highest BCUT2D eigenvalue weighted by atomic mass is 16.4. The molecule has 0 aliphatic heterocycles. The standard InChI is InChI=1S/2C10H14O.C5H8O2/c2*1-8(2)10-5-3-9(7-11)4-6-10;1-3-4(2)5(6)7/h2*3-6,8,11H,7H2,1-2H3;3H,1-2H3,(H,6,7)/b;;4-3-. The number of rotatable bonds is 5. The van der Waals surface area contributed by atoms with Gasteiger partial charge in [0, 0.05) is 5.57 Å². The molecule has 4 heteroatoms. The SMILES string of the molecule is C/C=C(/C)C(=O)O.CC(C)c1ccc(CO)cc1.CC(C)c1ccc(CO)cc1. The van der Waals surface area contributed by atoms with Gasteiger partial charge in [-0.15, -0.1) is 0 Å². The summed E-state index contributed by atoms with van der Waals surface area (Å²) in [6, 6.07) is 16.1. The Morgan fingerprint density at radius 1 is 0.793 bits per heavy atom. The quantitative estimate of drug-likeness (QED) is 0.567. The average Bonchev–Trinajstić information content (AvgIpc) is 2.73. The molecule has 0 atom stereocenters. The van der Waals surface area contributed by atoms with Crippen LogP contribution >= 0.6 is 0 Å². The maximum atomic E-state index is 9.86. The van der Waals surface area contributed by atoms with Gasteiger partial charge in [-0.3, -0.25) is 0 Å². The Labute approximate surface area is 175 Å². The van der Waals surface area contributed by atoms with Crippen LogP contribution in [-0.4, -0.2) is 21.3 Å². The Bertz CT molecular complexity index is 675. The first-order chi connectivity index (χ1) is 13.7. The number of carbonyl (C=O) groups is 1. The maximum Gasteiger partial charge on any atom is 0.330 e. The molecule has 0 spiro atoms. The van der Waals surface area contributed by atoms with Gasteiger partial charge in [-0.1, -0.05) is 82.3 Å². The molecule has 0 aliphatic rings. The van der Waals surface area contributed by atoms with Crippen LogP contribution in [0.1, 0.15) is 75.6 Å². The van der Waals surface area contributed by atoms with Crippen LogP contribution in [0.25, 0.3) is 0 Å². The van der Waals surface area contributed by atoms with Crippen LogP contribution in [-0.2, 0) is 18.0 Å². The molecule has 2 aromatic rings. The minimum absolute atomic E-state index is 0.137. The van der Waals surface area contributed by atoms with Crippen LogP contribution in [0.4, 0.5) is 0 Å². The van der Waals surface area contributed by atoms with Crippen molar-refractivity contribution in [3.63, 3.8) is 0 Å². The fourth-order valence-corrected chi connectivity index (χ4v) is 2.14. The summed E-state index contributed by atoms with van der Waals surface area (Å²) in [7, 11) is 0. The van der Waals surface area contributed by atoms with Gasteiger partial charge in [0.1, 0.15) is 0 Å². The molecule has 29 heavy (non-hydrogen) atoms. The monoisotopic (exact) mass is 400 g/mol. The van der Waals surface area contributed by atoms with Crippen LogP contribution in [0.5, 0.6) is 0 Å². The van der Waals surface area contributed by atoms with Gasteiger partial charge in [0.15, 0.2) is 0 Å². The van der Waals surface area contributed by atoms with Crippen LogP contribution in [0.15, 0.2) is 60.2 Å². The second kappa shape index (κ2) is 14.6. The number of allylic oxidation sites excluding steroid dienone is 1. The highest BCUT2D eigenvalue weighted by Gasteiger charge is 1.98. The first-order valence-electron chi connectivity index (χ1n) is 9.91. The van der Waals surface area contributed by atoms with E-state index in [2.05, 4.69) is 52.0 Å². The van der Waals surface area contributed by atoms with Crippen LogP contribution < -0.4 is 0 Å². The zero-order chi connectivity index (χ0) is 22.4. The molecule has 0 aliphatic carbocycles. The summed E-state index contributed by atoms with van der Waals surface area (Å²) < 4.78 is 0. The zero-order valence-electron chi connectivity index (χ0n) is 18.5. The van der Waals surface area contributed by atoms with E-state index in [0.29, 0.717) is 17.4 Å². The van der Waals surface area contributed by atoms with E-state index in [1.165, 1.54) is 11.1 Å². The van der Waals surface area contributed by atoms with Crippen LogP contribution in [0, 0.1) is 0 Å². The van der Waals surface area contributed by atoms with E-state index >= 15 is 0 Å². The number of aliphatic hydroxyl groups excluding tert-OH is 2. The van der Waals surface area contributed by atoms with E-state index in [0.717, 1.165) is 11.1 Å². The molecule has 0 heterocycles. The molecular weight excluding hydrogens is 364 g/mol. The van der Waals surface area contributed by atoms with Crippen molar-refractivity contribution in [3.05, 3.63) is 82.4 Å². The summed E-state index contributed by atoms with van der Waals surface area (Å²) in [5.41, 5.74) is 4.99. The smallest absolute Gasteiger partial charge is 0.330 e. The molecule has 0 unspecified atom stereocenters. The van der Waals surface area contributed by atoms with E-state index in [4.69, 9.17) is 15.3 Å². The summed E-state index contributed by atoms with van der Waals surface area (Å²) in [6.45, 7) is 12.2. The molecule has 0 saturated carbocycles. The van der Waals surface area contributed by atoms with Crippen molar-refractivity contribution in [2.75, 3.05) is 0 Å². The van der Waals surface area contributed by atoms with Gasteiger partial charge in [-0.2, -0.15) is 0 Å². The molecule has 0 radical (unpaired) electrons. The molecule has 0 bridgehead atoms. The second-order valence-corrected chi connectivity index (χ2v) is 7.39. The van der Waals surface area contributed by atoms with Gasteiger partial charge in [0.2, 0.25) is 0 Å². The first-order valence-corrected chi connectivity index (χ1v) is 9.91. The summed E-state index contributed by atoms with van der Waals surface area (Å²) in [6.07, 6.45) is 1.56. The predicted molar refractivity (Wildman–Crippen MR) is 120 cm³/mol. The largest absolute Gasteiger partial charge is 0.478 e. The molecule has 0 amide bonds. The molecule has 0 saturated heterocycles. The first kappa shape index (κ1) is 26.6. The van der Waals surface area contributed by atoms with Crippen molar-refractivity contribution in [1.29, 1.82) is 0 Å². The van der Waals surface area contributed by atoms with Gasteiger partial charge in [-0.25, -0.2) is 4.79 Å². The van der Waals surface area contributed by atoms with Crippen molar-refractivity contribution in [2.24, 2.45) is 0 Å². The lowest BCUT2D eigenvalue weighted by atomic mass is 10.0. The van der Waals surface area contributed by atoms with Gasteiger partial charge in [-0.05, 0) is 47.9 Å². The third-order valence-corrected chi connectivity index (χ3v) is 4.43. The number of carboxylic acids is 1. The minimum Gasteiger partial charge on any atom is -0.478 e. The lowest BCUT2D eigenvalue weighted by molar-refractivity contribution is -0.132. The van der Waals surface area contributed by atoms with E-state index in [9.17, 15) is 4.79 Å². The second-order valence-electron chi connectivity index (χ2n) is 7.39. The Balaban J connectivity index is 0.000000419. The average molecular weight is 401 g/mol. The summed E-state index contributed by atoms with van der Waals surface area (Å²) in [4.78, 5) is 9.86. The highest BCUT2D eigenvalue weighted by molar-refractivity contribution is 5.85. The fraction of sp³-hybridized carbons (Fsp3) is 0.400. The number of carboxylic acid groups (broad SMARTS) is 1. The summed E-state index contributed by atoms with van der Waals surface area (Å²) in [5.74, 6) is 0.299. The van der Waals surface area contributed by atoms with Gasteiger partial charge < -0.3 is 15.3 Å². The normalized spacial score (nSPS) is 10.8. The van der Waals surface area contributed by atoms with Crippen molar-refractivity contribution in [1.82, 2.24) is 0 Å².